The third kappa shape index (κ3) is 11.9. The molecule has 0 aliphatic carbocycles. The van der Waals surface area contributed by atoms with Crippen LogP contribution in [0.4, 0.5) is 0 Å². The molecule has 27 heavy (non-hydrogen) atoms. The van der Waals surface area contributed by atoms with Crippen molar-refractivity contribution in [3.05, 3.63) is 29.8 Å². The van der Waals surface area contributed by atoms with Crippen LogP contribution in [0.2, 0.25) is 0 Å². The highest BCUT2D eigenvalue weighted by Crippen LogP contribution is 2.29. The molecule has 1 aromatic rings. The summed E-state index contributed by atoms with van der Waals surface area (Å²) in [6.07, 6.45) is 20.9. The smallest absolute Gasteiger partial charge is 0.00721 e. The summed E-state index contributed by atoms with van der Waals surface area (Å²) in [6, 6.07) is 8.72. The van der Waals surface area contributed by atoms with Gasteiger partial charge < -0.3 is 0 Å². The van der Waals surface area contributed by atoms with Crippen molar-refractivity contribution >= 4 is 12.6 Å². The predicted molar refractivity (Wildman–Crippen MR) is 126 cm³/mol. The summed E-state index contributed by atoms with van der Waals surface area (Å²) < 4.78 is 0. The third-order valence-electron chi connectivity index (χ3n) is 6.11. The van der Waals surface area contributed by atoms with Crippen molar-refractivity contribution in [1.82, 2.24) is 0 Å². The lowest BCUT2D eigenvalue weighted by molar-refractivity contribution is 0.329. The highest BCUT2D eigenvalue weighted by atomic mass is 32.1. The minimum Gasteiger partial charge on any atom is -0.143 e. The first-order valence-electron chi connectivity index (χ1n) is 12.0. The Morgan fingerprint density at radius 2 is 1.22 bits per heavy atom. The van der Waals surface area contributed by atoms with Crippen LogP contribution in [0.5, 0.6) is 0 Å². The topological polar surface area (TPSA) is 0 Å². The first-order valence-corrected chi connectivity index (χ1v) is 12.4. The molecule has 2 unspecified atom stereocenters. The molecule has 156 valence electrons. The molecule has 0 aliphatic rings. The second-order valence-corrected chi connectivity index (χ2v) is 9.11. The van der Waals surface area contributed by atoms with Crippen molar-refractivity contribution in [3.63, 3.8) is 0 Å². The average Bonchev–Trinajstić information content (AvgIpc) is 2.67. The molecule has 0 bridgehead atoms. The average molecular weight is 391 g/mol. The molecular weight excluding hydrogens is 344 g/mol. The number of hydrogen-bond acceptors (Lipinski definition) is 1. The molecule has 0 aliphatic heterocycles. The van der Waals surface area contributed by atoms with Gasteiger partial charge in [0.2, 0.25) is 0 Å². The zero-order valence-corrected chi connectivity index (χ0v) is 19.4. The summed E-state index contributed by atoms with van der Waals surface area (Å²) in [6.45, 7) is 6.98. The minimum atomic E-state index is 0.838. The van der Waals surface area contributed by atoms with Crippen LogP contribution >= 0.6 is 12.6 Å². The van der Waals surface area contributed by atoms with Gasteiger partial charge in [-0.1, -0.05) is 122 Å². The Hall–Kier alpha value is -0.430. The molecule has 0 fully saturated rings. The maximum Gasteiger partial charge on any atom is 0.00721 e. The van der Waals surface area contributed by atoms with E-state index in [0.29, 0.717) is 0 Å². The van der Waals surface area contributed by atoms with Crippen molar-refractivity contribution in [2.75, 3.05) is 0 Å². The Kier molecular flexibility index (Phi) is 15.1. The van der Waals surface area contributed by atoms with Crippen molar-refractivity contribution < 1.29 is 0 Å². The van der Waals surface area contributed by atoms with Crippen LogP contribution in [-0.2, 0) is 6.42 Å². The molecule has 0 aromatic heterocycles. The van der Waals surface area contributed by atoms with E-state index in [2.05, 4.69) is 45.0 Å². The lowest BCUT2D eigenvalue weighted by Crippen LogP contribution is -2.10. The molecular formula is C26H46S. The second kappa shape index (κ2) is 16.5. The lowest BCUT2D eigenvalue weighted by Gasteiger charge is -2.22. The zero-order valence-electron chi connectivity index (χ0n) is 18.5. The van der Waals surface area contributed by atoms with E-state index in [1.165, 1.54) is 107 Å². The number of benzene rings is 1. The van der Waals surface area contributed by atoms with Gasteiger partial charge in [-0.2, -0.15) is 0 Å². The van der Waals surface area contributed by atoms with Gasteiger partial charge >= 0.3 is 0 Å². The Balaban J connectivity index is 2.54. The van der Waals surface area contributed by atoms with Gasteiger partial charge in [-0.15, -0.1) is 12.6 Å². The molecule has 0 radical (unpaired) electrons. The van der Waals surface area contributed by atoms with Gasteiger partial charge in [0.15, 0.2) is 0 Å². The first kappa shape index (κ1) is 24.6. The molecule has 2 atom stereocenters. The Morgan fingerprint density at radius 1 is 0.630 bits per heavy atom. The molecule has 0 spiro atoms. The summed E-state index contributed by atoms with van der Waals surface area (Å²) >= 11 is 4.71. The van der Waals surface area contributed by atoms with Crippen LogP contribution in [-0.4, -0.2) is 0 Å². The minimum absolute atomic E-state index is 0.838. The van der Waals surface area contributed by atoms with Crippen molar-refractivity contribution in [2.45, 2.75) is 122 Å². The Bertz CT molecular complexity index is 453. The predicted octanol–water partition coefficient (Wildman–Crippen LogP) is 9.27. The van der Waals surface area contributed by atoms with Crippen LogP contribution in [0.3, 0.4) is 0 Å². The van der Waals surface area contributed by atoms with Gasteiger partial charge in [-0.05, 0) is 36.3 Å². The second-order valence-electron chi connectivity index (χ2n) is 8.63. The van der Waals surface area contributed by atoms with E-state index in [0.717, 1.165) is 11.8 Å². The van der Waals surface area contributed by atoms with Gasteiger partial charge in [0, 0.05) is 4.90 Å². The van der Waals surface area contributed by atoms with Crippen LogP contribution in [0.1, 0.15) is 116 Å². The molecule has 0 saturated carbocycles. The maximum absolute atomic E-state index is 4.71. The van der Waals surface area contributed by atoms with Crippen molar-refractivity contribution in [2.24, 2.45) is 11.8 Å². The number of unbranched alkanes of at least 4 members (excludes halogenated alkanes) is 6. The van der Waals surface area contributed by atoms with E-state index < -0.39 is 0 Å². The SMILES string of the molecule is CCCCCCC(CCC)CCC(CCCCCC)Cc1ccccc1S. The summed E-state index contributed by atoms with van der Waals surface area (Å²) in [5, 5.41) is 0. The summed E-state index contributed by atoms with van der Waals surface area (Å²) in [7, 11) is 0. The summed E-state index contributed by atoms with van der Waals surface area (Å²) in [5.41, 5.74) is 1.45. The molecule has 1 rings (SSSR count). The summed E-state index contributed by atoms with van der Waals surface area (Å²) in [4.78, 5) is 1.18. The standard InChI is InChI=1S/C26H46S/c1-4-7-9-11-16-23(15-6-3)20-21-24(17-12-10-8-5-2)22-25-18-13-14-19-26(25)27/h13-14,18-19,23-24,27H,4-12,15-17,20-22H2,1-3H3. The van der Waals surface area contributed by atoms with E-state index in [1.807, 2.05) is 0 Å². The number of rotatable bonds is 17. The number of hydrogen-bond donors (Lipinski definition) is 1. The number of thiol groups is 1. The largest absolute Gasteiger partial charge is 0.143 e. The molecule has 1 heteroatoms. The fourth-order valence-electron chi connectivity index (χ4n) is 4.38. The van der Waals surface area contributed by atoms with Crippen molar-refractivity contribution in [1.29, 1.82) is 0 Å². The molecule has 0 heterocycles. The van der Waals surface area contributed by atoms with Crippen LogP contribution < -0.4 is 0 Å². The lowest BCUT2D eigenvalue weighted by atomic mass is 9.84. The molecule has 1 aromatic carbocycles. The fraction of sp³-hybridized carbons (Fsp3) is 0.769. The zero-order chi connectivity index (χ0) is 19.7. The van der Waals surface area contributed by atoms with Gasteiger partial charge in [0.05, 0.1) is 0 Å². The van der Waals surface area contributed by atoms with Crippen LogP contribution in [0, 0.1) is 11.8 Å². The molecule has 0 N–H and O–H groups in total. The van der Waals surface area contributed by atoms with Crippen LogP contribution in [0.25, 0.3) is 0 Å². The van der Waals surface area contributed by atoms with Gasteiger partial charge in [0.25, 0.3) is 0 Å². The monoisotopic (exact) mass is 390 g/mol. The van der Waals surface area contributed by atoms with Gasteiger partial charge in [-0.25, -0.2) is 0 Å². The van der Waals surface area contributed by atoms with E-state index in [4.69, 9.17) is 12.6 Å². The molecule has 0 amide bonds. The fourth-order valence-corrected chi connectivity index (χ4v) is 4.63. The molecule has 0 saturated heterocycles. The first-order chi connectivity index (χ1) is 13.2. The maximum atomic E-state index is 4.71. The quantitative estimate of drug-likeness (QED) is 0.199. The Morgan fingerprint density at radius 3 is 1.81 bits per heavy atom. The highest BCUT2D eigenvalue weighted by Gasteiger charge is 2.15. The highest BCUT2D eigenvalue weighted by molar-refractivity contribution is 7.80. The molecule has 0 nitrogen and oxygen atoms in total. The van der Waals surface area contributed by atoms with E-state index in [-0.39, 0.29) is 0 Å². The van der Waals surface area contributed by atoms with E-state index >= 15 is 0 Å². The normalized spacial score (nSPS) is 13.6. The summed E-state index contributed by atoms with van der Waals surface area (Å²) in [5.74, 6) is 1.79. The third-order valence-corrected chi connectivity index (χ3v) is 6.55. The van der Waals surface area contributed by atoms with E-state index in [1.54, 1.807) is 0 Å². The van der Waals surface area contributed by atoms with Crippen LogP contribution in [0.15, 0.2) is 29.2 Å². The Labute approximate surface area is 176 Å². The van der Waals surface area contributed by atoms with Gasteiger partial charge in [0.1, 0.15) is 0 Å². The van der Waals surface area contributed by atoms with Gasteiger partial charge in [-0.3, -0.25) is 0 Å². The van der Waals surface area contributed by atoms with E-state index in [9.17, 15) is 0 Å². The van der Waals surface area contributed by atoms with Crippen molar-refractivity contribution in [3.8, 4) is 0 Å².